The number of anilines is 1. The lowest BCUT2D eigenvalue weighted by molar-refractivity contribution is -0.120. The smallest absolute Gasteiger partial charge is 0.283 e. The molecule has 1 aromatic heterocycles. The molecule has 0 aliphatic heterocycles. The summed E-state index contributed by atoms with van der Waals surface area (Å²) >= 11 is 3.46. The van der Waals surface area contributed by atoms with Gasteiger partial charge in [0.15, 0.2) is 5.78 Å². The van der Waals surface area contributed by atoms with Crippen LogP contribution in [0.4, 0.5) is 5.69 Å². The summed E-state index contributed by atoms with van der Waals surface area (Å²) in [6, 6.07) is 0.370. The monoisotopic (exact) mass is 449 g/mol. The van der Waals surface area contributed by atoms with Crippen molar-refractivity contribution in [2.75, 3.05) is 5.32 Å². The molecule has 1 heterocycles. The van der Waals surface area contributed by atoms with Crippen molar-refractivity contribution in [3.05, 3.63) is 21.0 Å². The molecule has 154 valence electrons. The summed E-state index contributed by atoms with van der Waals surface area (Å²) in [6.45, 7) is 7.18. The molecule has 2 bridgehead atoms. The lowest BCUT2D eigenvalue weighted by atomic mass is 9.45. The van der Waals surface area contributed by atoms with E-state index in [9.17, 15) is 9.59 Å². The minimum atomic E-state index is -0.223. The van der Waals surface area contributed by atoms with Gasteiger partial charge in [0.25, 0.3) is 5.56 Å². The quantitative estimate of drug-likeness (QED) is 0.686. The van der Waals surface area contributed by atoms with Crippen molar-refractivity contribution >= 4 is 27.4 Å². The third-order valence-electron chi connectivity index (χ3n) is 8.00. The summed E-state index contributed by atoms with van der Waals surface area (Å²) in [5.41, 5.74) is 0.968. The molecular formula is C22H32BrN3O2. The van der Waals surface area contributed by atoms with Crippen molar-refractivity contribution in [2.24, 2.45) is 29.1 Å². The van der Waals surface area contributed by atoms with Gasteiger partial charge in [0.1, 0.15) is 11.0 Å². The second-order valence-electron chi connectivity index (χ2n) is 9.93. The van der Waals surface area contributed by atoms with Crippen LogP contribution in [0.3, 0.4) is 0 Å². The fraction of sp³-hybridized carbons (Fsp3) is 0.773. The molecule has 4 atom stereocenters. The highest BCUT2D eigenvalue weighted by Crippen LogP contribution is 2.61. The summed E-state index contributed by atoms with van der Waals surface area (Å²) in [7, 11) is 0. The van der Waals surface area contributed by atoms with Gasteiger partial charge < -0.3 is 5.32 Å². The number of ketones is 1. The van der Waals surface area contributed by atoms with E-state index < -0.39 is 0 Å². The minimum Gasteiger partial charge on any atom is -0.380 e. The van der Waals surface area contributed by atoms with E-state index in [0.717, 1.165) is 36.8 Å². The predicted molar refractivity (Wildman–Crippen MR) is 114 cm³/mol. The van der Waals surface area contributed by atoms with Crippen molar-refractivity contribution in [2.45, 2.75) is 78.3 Å². The average Bonchev–Trinajstić information content (AvgIpc) is 3.15. The number of fused-ring (bicyclic) bond motifs is 2. The molecule has 0 aromatic carbocycles. The third kappa shape index (κ3) is 3.57. The van der Waals surface area contributed by atoms with Crippen LogP contribution in [0.15, 0.2) is 15.5 Å². The Balaban J connectivity index is 1.42. The summed E-state index contributed by atoms with van der Waals surface area (Å²) in [6.07, 6.45) is 9.46. The topological polar surface area (TPSA) is 64.0 Å². The molecule has 0 saturated heterocycles. The van der Waals surface area contributed by atoms with E-state index in [-0.39, 0.29) is 17.9 Å². The third-order valence-corrected chi connectivity index (χ3v) is 8.76. The molecule has 4 saturated carbocycles. The fourth-order valence-electron chi connectivity index (χ4n) is 5.99. The van der Waals surface area contributed by atoms with Gasteiger partial charge in [-0.2, -0.15) is 5.10 Å². The average molecular weight is 450 g/mol. The van der Waals surface area contributed by atoms with E-state index in [2.05, 4.69) is 47.1 Å². The van der Waals surface area contributed by atoms with Crippen molar-refractivity contribution in [1.82, 2.24) is 9.78 Å². The molecule has 0 radical (unpaired) electrons. The number of carbonyl (C=O) groups is 1. The van der Waals surface area contributed by atoms with Crippen LogP contribution >= 0.6 is 15.9 Å². The van der Waals surface area contributed by atoms with Gasteiger partial charge in [-0.3, -0.25) is 9.59 Å². The molecule has 5 nitrogen and oxygen atoms in total. The number of Topliss-reactive ketones (excluding diaryl/α,β-unsaturated/α-hetero) is 1. The molecule has 1 N–H and O–H groups in total. The maximum Gasteiger partial charge on any atom is 0.283 e. The molecule has 6 heteroatoms. The Hall–Kier alpha value is -1.17. The summed E-state index contributed by atoms with van der Waals surface area (Å²) in [5, 5.41) is 7.86. The molecule has 0 amide bonds. The molecule has 4 fully saturated rings. The highest BCUT2D eigenvalue weighted by molar-refractivity contribution is 9.10. The fourth-order valence-corrected chi connectivity index (χ4v) is 6.41. The minimum absolute atomic E-state index is 0.0758. The van der Waals surface area contributed by atoms with Crippen LogP contribution in [0, 0.1) is 29.1 Å². The Kier molecular flexibility index (Phi) is 5.45. The van der Waals surface area contributed by atoms with Crippen LogP contribution in [0.2, 0.25) is 0 Å². The van der Waals surface area contributed by atoms with Crippen LogP contribution in [-0.2, 0) is 11.3 Å². The van der Waals surface area contributed by atoms with Gasteiger partial charge in [0, 0.05) is 12.5 Å². The zero-order valence-corrected chi connectivity index (χ0v) is 18.8. The Morgan fingerprint density at radius 1 is 1.32 bits per heavy atom. The largest absolute Gasteiger partial charge is 0.380 e. The number of carbonyl (C=O) groups excluding carboxylic acids is 1. The first-order valence-corrected chi connectivity index (χ1v) is 11.6. The number of rotatable bonds is 6. The zero-order valence-electron chi connectivity index (χ0n) is 17.2. The normalized spacial score (nSPS) is 31.4. The van der Waals surface area contributed by atoms with Crippen molar-refractivity contribution in [1.29, 1.82) is 0 Å². The van der Waals surface area contributed by atoms with Gasteiger partial charge in [0.05, 0.1) is 11.9 Å². The van der Waals surface area contributed by atoms with Crippen molar-refractivity contribution in [3.63, 3.8) is 0 Å². The van der Waals surface area contributed by atoms with Gasteiger partial charge in [-0.25, -0.2) is 4.68 Å². The molecule has 0 unspecified atom stereocenters. The first kappa shape index (κ1) is 20.1. The number of halogens is 1. The number of hydrogen-bond acceptors (Lipinski definition) is 4. The first-order valence-electron chi connectivity index (χ1n) is 10.8. The Bertz CT molecular complexity index is 812. The van der Waals surface area contributed by atoms with E-state index in [1.54, 1.807) is 6.20 Å². The maximum absolute atomic E-state index is 12.7. The van der Waals surface area contributed by atoms with Gasteiger partial charge in [-0.15, -0.1) is 0 Å². The van der Waals surface area contributed by atoms with E-state index >= 15 is 0 Å². The van der Waals surface area contributed by atoms with Crippen molar-refractivity contribution < 1.29 is 4.79 Å². The summed E-state index contributed by atoms with van der Waals surface area (Å²) in [5.74, 6) is 2.67. The van der Waals surface area contributed by atoms with E-state index in [1.165, 1.54) is 23.9 Å². The molecular weight excluding hydrogens is 418 g/mol. The molecule has 0 spiro atoms. The Labute approximate surface area is 175 Å². The SMILES string of the molecule is C[C@H]1[C@H](Nc2cnn(CC(=O)CC3CCCC3)c(=O)c2Br)C[C@H]2C[C@@H]1C2(C)C. The number of aromatic nitrogens is 2. The lowest BCUT2D eigenvalue weighted by Gasteiger charge is -2.62. The summed E-state index contributed by atoms with van der Waals surface area (Å²) in [4.78, 5) is 25.1. The highest BCUT2D eigenvalue weighted by Gasteiger charge is 2.56. The van der Waals surface area contributed by atoms with E-state index in [4.69, 9.17) is 0 Å². The first-order chi connectivity index (χ1) is 13.3. The van der Waals surface area contributed by atoms with E-state index in [0.29, 0.717) is 34.2 Å². The second kappa shape index (κ2) is 7.58. The van der Waals surface area contributed by atoms with Crippen molar-refractivity contribution in [3.8, 4) is 0 Å². The number of nitrogens with zero attached hydrogens (tertiary/aromatic N) is 2. The standard InChI is InChI=1S/C22H32BrN3O2/c1-13-17-9-15(22(17,2)3)10-18(13)25-19-11-24-26(21(28)20(19)23)12-16(27)8-14-6-4-5-7-14/h11,13-15,17-18,25H,4-10,12H2,1-3H3/t13-,15-,17+,18-/m1/s1. The molecule has 1 aromatic rings. The van der Waals surface area contributed by atoms with Crippen LogP contribution in [0.1, 0.15) is 65.7 Å². The van der Waals surface area contributed by atoms with Gasteiger partial charge in [0.2, 0.25) is 0 Å². The van der Waals surface area contributed by atoms with Crippen LogP contribution in [0.5, 0.6) is 0 Å². The Morgan fingerprint density at radius 2 is 2.04 bits per heavy atom. The molecule has 5 rings (SSSR count). The van der Waals surface area contributed by atoms with Gasteiger partial charge in [-0.1, -0.05) is 46.5 Å². The lowest BCUT2D eigenvalue weighted by Crippen LogP contribution is -2.58. The zero-order chi connectivity index (χ0) is 20.1. The van der Waals surface area contributed by atoms with Gasteiger partial charge >= 0.3 is 0 Å². The molecule has 4 aliphatic carbocycles. The highest BCUT2D eigenvalue weighted by atomic mass is 79.9. The van der Waals surface area contributed by atoms with Crippen LogP contribution < -0.4 is 10.9 Å². The van der Waals surface area contributed by atoms with Crippen LogP contribution in [0.25, 0.3) is 0 Å². The predicted octanol–water partition coefficient (Wildman–Crippen LogP) is 4.64. The van der Waals surface area contributed by atoms with Crippen LogP contribution in [-0.4, -0.2) is 21.6 Å². The summed E-state index contributed by atoms with van der Waals surface area (Å²) < 4.78 is 1.79. The molecule has 4 aliphatic rings. The second-order valence-corrected chi connectivity index (χ2v) is 10.7. The van der Waals surface area contributed by atoms with Gasteiger partial charge in [-0.05, 0) is 57.9 Å². The Morgan fingerprint density at radius 3 is 2.68 bits per heavy atom. The number of hydrogen-bond donors (Lipinski definition) is 1. The molecule has 28 heavy (non-hydrogen) atoms. The maximum atomic E-state index is 12.7. The number of nitrogens with one attached hydrogen (secondary N) is 1. The van der Waals surface area contributed by atoms with E-state index in [1.807, 2.05) is 0 Å².